The van der Waals surface area contributed by atoms with Gasteiger partial charge in [0.15, 0.2) is 0 Å². The number of para-hydroxylation sites is 1. The highest BCUT2D eigenvalue weighted by Crippen LogP contribution is 2.27. The van der Waals surface area contributed by atoms with Crippen LogP contribution >= 0.6 is 0 Å². The highest BCUT2D eigenvalue weighted by molar-refractivity contribution is 6.01. The first-order valence-electron chi connectivity index (χ1n) is 7.02. The average molecular weight is 277 g/mol. The Bertz CT molecular complexity index is 754. The van der Waals surface area contributed by atoms with Crippen molar-refractivity contribution in [2.45, 2.75) is 12.8 Å². The second-order valence-electron chi connectivity index (χ2n) is 5.25. The van der Waals surface area contributed by atoms with Crippen LogP contribution in [0.1, 0.15) is 18.5 Å². The minimum absolute atomic E-state index is 0.0958. The van der Waals surface area contributed by atoms with Gasteiger partial charge in [-0.1, -0.05) is 24.3 Å². The van der Waals surface area contributed by atoms with E-state index in [-0.39, 0.29) is 11.5 Å². The molecule has 0 atom stereocenters. The van der Waals surface area contributed by atoms with Gasteiger partial charge in [-0.3, -0.25) is 4.79 Å². The summed E-state index contributed by atoms with van der Waals surface area (Å²) in [5, 5.41) is 13.0. The summed E-state index contributed by atoms with van der Waals surface area (Å²) < 4.78 is 0. The van der Waals surface area contributed by atoms with Crippen molar-refractivity contribution in [3.05, 3.63) is 47.7 Å². The van der Waals surface area contributed by atoms with Crippen molar-refractivity contribution in [3.8, 4) is 6.07 Å². The number of pyridine rings is 1. The summed E-state index contributed by atoms with van der Waals surface area (Å²) in [5.41, 5.74) is 1.56. The van der Waals surface area contributed by atoms with Gasteiger partial charge in [-0.2, -0.15) is 5.26 Å². The fourth-order valence-electron chi connectivity index (χ4n) is 2.11. The van der Waals surface area contributed by atoms with Crippen molar-refractivity contribution >= 4 is 22.9 Å². The predicted molar refractivity (Wildman–Crippen MR) is 81.1 cm³/mol. The molecule has 1 aliphatic rings. The number of carbonyl (C=O) groups is 1. The van der Waals surface area contributed by atoms with Crippen LogP contribution in [0, 0.1) is 17.2 Å². The van der Waals surface area contributed by atoms with E-state index in [1.165, 1.54) is 6.08 Å². The van der Waals surface area contributed by atoms with Gasteiger partial charge in [-0.25, -0.2) is 4.98 Å². The molecular weight excluding hydrogens is 262 g/mol. The molecule has 1 fully saturated rings. The van der Waals surface area contributed by atoms with Gasteiger partial charge in [0.05, 0.1) is 11.2 Å². The molecule has 4 heteroatoms. The number of rotatable bonds is 4. The second kappa shape index (κ2) is 5.76. The lowest BCUT2D eigenvalue weighted by Gasteiger charge is -2.03. The zero-order valence-electron chi connectivity index (χ0n) is 11.5. The molecule has 0 saturated heterocycles. The molecule has 0 aliphatic heterocycles. The van der Waals surface area contributed by atoms with Gasteiger partial charge >= 0.3 is 0 Å². The maximum atomic E-state index is 11.9. The second-order valence-corrected chi connectivity index (χ2v) is 5.25. The molecule has 0 radical (unpaired) electrons. The summed E-state index contributed by atoms with van der Waals surface area (Å²) in [6, 6.07) is 13.4. The van der Waals surface area contributed by atoms with Gasteiger partial charge in [0.1, 0.15) is 11.6 Å². The lowest BCUT2D eigenvalue weighted by Crippen LogP contribution is -2.26. The summed E-state index contributed by atoms with van der Waals surface area (Å²) in [6.45, 7) is 0.656. The third-order valence-corrected chi connectivity index (χ3v) is 3.53. The standard InChI is InChI=1S/C17H15N3O/c18-10-14(17(21)19-11-12-5-6-12)9-15-8-7-13-3-1-2-4-16(13)20-15/h1-4,7-9,12H,5-6,11H2,(H,19,21)/b14-9+. The Labute approximate surface area is 123 Å². The molecule has 1 N–H and O–H groups in total. The largest absolute Gasteiger partial charge is 0.351 e. The molecule has 1 heterocycles. The van der Waals surface area contributed by atoms with Crippen molar-refractivity contribution in [2.24, 2.45) is 5.92 Å². The number of hydrogen-bond acceptors (Lipinski definition) is 3. The van der Waals surface area contributed by atoms with E-state index < -0.39 is 0 Å². The summed E-state index contributed by atoms with van der Waals surface area (Å²) in [6.07, 6.45) is 3.87. The first-order valence-corrected chi connectivity index (χ1v) is 7.02. The Hall–Kier alpha value is -2.67. The molecule has 1 amide bonds. The number of hydrogen-bond donors (Lipinski definition) is 1. The van der Waals surface area contributed by atoms with Crippen LogP contribution in [0.5, 0.6) is 0 Å². The predicted octanol–water partition coefficient (Wildman–Crippen LogP) is 2.67. The van der Waals surface area contributed by atoms with Gasteiger partial charge in [-0.05, 0) is 37.0 Å². The highest BCUT2D eigenvalue weighted by Gasteiger charge is 2.22. The Morgan fingerprint density at radius 1 is 1.33 bits per heavy atom. The number of nitrogens with zero attached hydrogens (tertiary/aromatic N) is 2. The van der Waals surface area contributed by atoms with Crippen molar-refractivity contribution in [3.63, 3.8) is 0 Å². The Morgan fingerprint density at radius 2 is 2.14 bits per heavy atom. The Balaban J connectivity index is 1.81. The van der Waals surface area contributed by atoms with Gasteiger partial charge < -0.3 is 5.32 Å². The first kappa shape index (κ1) is 13.3. The van der Waals surface area contributed by atoms with Crippen molar-refractivity contribution < 1.29 is 4.79 Å². The molecule has 1 aromatic carbocycles. The average Bonchev–Trinajstić information content (AvgIpc) is 3.34. The summed E-state index contributed by atoms with van der Waals surface area (Å²) >= 11 is 0. The lowest BCUT2D eigenvalue weighted by molar-refractivity contribution is -0.117. The van der Waals surface area contributed by atoms with Crippen LogP contribution in [-0.4, -0.2) is 17.4 Å². The molecule has 104 valence electrons. The molecule has 1 aliphatic carbocycles. The number of amides is 1. The van der Waals surface area contributed by atoms with E-state index in [2.05, 4.69) is 10.3 Å². The lowest BCUT2D eigenvalue weighted by atomic mass is 10.1. The smallest absolute Gasteiger partial charge is 0.262 e. The van der Waals surface area contributed by atoms with Crippen LogP contribution in [0.2, 0.25) is 0 Å². The molecule has 4 nitrogen and oxygen atoms in total. The topological polar surface area (TPSA) is 65.8 Å². The van der Waals surface area contributed by atoms with E-state index in [9.17, 15) is 4.79 Å². The first-order chi connectivity index (χ1) is 10.3. The molecule has 1 aromatic heterocycles. The third kappa shape index (κ3) is 3.26. The Morgan fingerprint density at radius 3 is 2.90 bits per heavy atom. The van der Waals surface area contributed by atoms with Crippen molar-refractivity contribution in [2.75, 3.05) is 6.54 Å². The summed E-state index contributed by atoms with van der Waals surface area (Å²) in [5.74, 6) is 0.270. The molecule has 21 heavy (non-hydrogen) atoms. The van der Waals surface area contributed by atoms with E-state index in [0.29, 0.717) is 18.2 Å². The molecular formula is C17H15N3O. The number of nitrogens with one attached hydrogen (secondary N) is 1. The monoisotopic (exact) mass is 277 g/mol. The van der Waals surface area contributed by atoms with Crippen LogP contribution in [-0.2, 0) is 4.79 Å². The minimum Gasteiger partial charge on any atom is -0.351 e. The van der Waals surface area contributed by atoms with Gasteiger partial charge in [0.2, 0.25) is 0 Å². The van der Waals surface area contributed by atoms with Crippen LogP contribution in [0.3, 0.4) is 0 Å². The quantitative estimate of drug-likeness (QED) is 0.690. The molecule has 0 spiro atoms. The molecule has 3 rings (SSSR count). The van der Waals surface area contributed by atoms with Crippen LogP contribution in [0.25, 0.3) is 17.0 Å². The van der Waals surface area contributed by atoms with E-state index in [1.54, 1.807) is 0 Å². The fourth-order valence-corrected chi connectivity index (χ4v) is 2.11. The summed E-state index contributed by atoms with van der Waals surface area (Å²) in [4.78, 5) is 16.4. The third-order valence-electron chi connectivity index (χ3n) is 3.53. The van der Waals surface area contributed by atoms with Crippen LogP contribution in [0.15, 0.2) is 42.0 Å². The van der Waals surface area contributed by atoms with Crippen LogP contribution < -0.4 is 5.32 Å². The van der Waals surface area contributed by atoms with Crippen molar-refractivity contribution in [1.82, 2.24) is 10.3 Å². The van der Waals surface area contributed by atoms with E-state index in [4.69, 9.17) is 5.26 Å². The van der Waals surface area contributed by atoms with Gasteiger partial charge in [0.25, 0.3) is 5.91 Å². The van der Waals surface area contributed by atoms with E-state index in [0.717, 1.165) is 23.7 Å². The maximum absolute atomic E-state index is 11.9. The van der Waals surface area contributed by atoms with Crippen molar-refractivity contribution in [1.29, 1.82) is 5.26 Å². The van der Waals surface area contributed by atoms with Gasteiger partial charge in [-0.15, -0.1) is 0 Å². The van der Waals surface area contributed by atoms with E-state index in [1.807, 2.05) is 42.5 Å². The maximum Gasteiger partial charge on any atom is 0.262 e. The number of carbonyl (C=O) groups excluding carboxylic acids is 1. The number of nitriles is 1. The number of fused-ring (bicyclic) bond motifs is 1. The van der Waals surface area contributed by atoms with E-state index >= 15 is 0 Å². The molecule has 0 bridgehead atoms. The minimum atomic E-state index is -0.320. The molecule has 1 saturated carbocycles. The fraction of sp³-hybridized carbons (Fsp3) is 0.235. The van der Waals surface area contributed by atoms with Crippen LogP contribution in [0.4, 0.5) is 0 Å². The highest BCUT2D eigenvalue weighted by atomic mass is 16.1. The SMILES string of the molecule is N#C/C(=C\c1ccc2ccccc2n1)C(=O)NCC1CC1. The number of aromatic nitrogens is 1. The Kier molecular flexibility index (Phi) is 3.65. The number of benzene rings is 1. The zero-order valence-corrected chi connectivity index (χ0v) is 11.5. The zero-order chi connectivity index (χ0) is 14.7. The molecule has 0 unspecified atom stereocenters. The normalized spacial score (nSPS) is 14.7. The molecule has 2 aromatic rings. The van der Waals surface area contributed by atoms with Gasteiger partial charge in [0, 0.05) is 11.9 Å². The summed E-state index contributed by atoms with van der Waals surface area (Å²) in [7, 11) is 0.